The highest BCUT2D eigenvalue weighted by Crippen LogP contribution is 2.21. The molecule has 1 amide bonds. The summed E-state index contributed by atoms with van der Waals surface area (Å²) >= 11 is 1.40. The van der Waals surface area contributed by atoms with Gasteiger partial charge in [0.15, 0.2) is 5.13 Å². The third kappa shape index (κ3) is 5.44. The van der Waals surface area contributed by atoms with Crippen LogP contribution in [0.2, 0.25) is 0 Å². The Balaban J connectivity index is 1.60. The molecule has 0 unspecified atom stereocenters. The van der Waals surface area contributed by atoms with Gasteiger partial charge in [-0.25, -0.2) is 9.67 Å². The smallest absolute Gasteiger partial charge is 0.277 e. The molecule has 8 nitrogen and oxygen atoms in total. The summed E-state index contributed by atoms with van der Waals surface area (Å²) in [6.45, 7) is 5.93. The van der Waals surface area contributed by atoms with Crippen molar-refractivity contribution < 1.29 is 9.53 Å². The molecular weight excluding hydrogens is 366 g/mol. The summed E-state index contributed by atoms with van der Waals surface area (Å²) in [6.07, 6.45) is 2.44. The number of likely N-dealkylation sites (tertiary alicyclic amines) is 1. The number of thiazole rings is 1. The van der Waals surface area contributed by atoms with Gasteiger partial charge in [0.05, 0.1) is 18.8 Å². The summed E-state index contributed by atoms with van der Waals surface area (Å²) in [6, 6.07) is 2.76. The molecule has 1 aliphatic rings. The normalized spacial score (nSPS) is 15.8. The van der Waals surface area contributed by atoms with E-state index in [0.29, 0.717) is 18.3 Å². The quantitative estimate of drug-likeness (QED) is 0.775. The summed E-state index contributed by atoms with van der Waals surface area (Å²) in [7, 11) is 1.55. The van der Waals surface area contributed by atoms with Crippen LogP contribution >= 0.6 is 11.3 Å². The maximum Gasteiger partial charge on any atom is 0.277 e. The van der Waals surface area contributed by atoms with E-state index >= 15 is 0 Å². The van der Waals surface area contributed by atoms with E-state index in [0.717, 1.165) is 31.2 Å². The predicted molar refractivity (Wildman–Crippen MR) is 104 cm³/mol. The lowest BCUT2D eigenvalue weighted by atomic mass is 9.99. The highest BCUT2D eigenvalue weighted by Gasteiger charge is 2.17. The number of hydrogen-bond donors (Lipinski definition) is 1. The van der Waals surface area contributed by atoms with Gasteiger partial charge in [0.25, 0.3) is 11.5 Å². The number of amides is 1. The van der Waals surface area contributed by atoms with E-state index in [1.54, 1.807) is 7.11 Å². The molecule has 0 saturated carbocycles. The van der Waals surface area contributed by atoms with Crippen molar-refractivity contribution >= 4 is 22.4 Å². The minimum atomic E-state index is -0.381. The van der Waals surface area contributed by atoms with Crippen LogP contribution in [0, 0.1) is 5.92 Å². The van der Waals surface area contributed by atoms with Crippen LogP contribution in [0.3, 0.4) is 0 Å². The van der Waals surface area contributed by atoms with Crippen molar-refractivity contribution in [1.82, 2.24) is 19.7 Å². The molecule has 0 atom stereocenters. The predicted octanol–water partition coefficient (Wildman–Crippen LogP) is 1.83. The zero-order valence-electron chi connectivity index (χ0n) is 15.7. The standard InChI is InChI=1S/C18H25N5O3S/c1-13-5-7-22(8-6-13)11-14-12-27-18(19-14)20-17(25)15-3-4-16(24)23(21-15)9-10-26-2/h3-4,12-13H,5-11H2,1-2H3,(H,19,20,25). The second-order valence-electron chi connectivity index (χ2n) is 6.83. The van der Waals surface area contributed by atoms with Crippen molar-refractivity contribution in [2.45, 2.75) is 32.9 Å². The van der Waals surface area contributed by atoms with E-state index in [9.17, 15) is 9.59 Å². The summed E-state index contributed by atoms with van der Waals surface area (Å²) in [5.74, 6) is 0.417. The molecule has 3 heterocycles. The molecule has 0 radical (unpaired) electrons. The molecule has 3 rings (SSSR count). The molecule has 9 heteroatoms. The Kier molecular flexibility index (Phi) is 6.70. The van der Waals surface area contributed by atoms with Gasteiger partial charge in [-0.05, 0) is 37.9 Å². The number of carbonyl (C=O) groups excluding carboxylic acids is 1. The summed E-state index contributed by atoms with van der Waals surface area (Å²) in [5.41, 5.74) is 0.867. The molecule has 1 saturated heterocycles. The van der Waals surface area contributed by atoms with Crippen molar-refractivity contribution in [3.63, 3.8) is 0 Å². The minimum Gasteiger partial charge on any atom is -0.383 e. The van der Waals surface area contributed by atoms with E-state index in [-0.39, 0.29) is 17.2 Å². The summed E-state index contributed by atoms with van der Waals surface area (Å²) in [4.78, 5) is 31.1. The molecule has 1 fully saturated rings. The number of carbonyl (C=O) groups is 1. The first-order valence-corrected chi connectivity index (χ1v) is 9.98. The Hall–Kier alpha value is -2.10. The van der Waals surface area contributed by atoms with E-state index < -0.39 is 0 Å². The third-order valence-corrected chi connectivity index (χ3v) is 5.45. The number of rotatable bonds is 7. The first kappa shape index (κ1) is 19.7. The molecule has 1 N–H and O–H groups in total. The van der Waals surface area contributed by atoms with Crippen LogP contribution in [0.4, 0.5) is 5.13 Å². The van der Waals surface area contributed by atoms with Gasteiger partial charge in [-0.2, -0.15) is 5.10 Å². The van der Waals surface area contributed by atoms with Gasteiger partial charge in [-0.3, -0.25) is 19.8 Å². The molecule has 2 aromatic heterocycles. The van der Waals surface area contributed by atoms with Gasteiger partial charge in [-0.15, -0.1) is 11.3 Å². The Bertz CT molecular complexity index is 826. The second kappa shape index (κ2) is 9.20. The maximum absolute atomic E-state index is 12.4. The zero-order valence-corrected chi connectivity index (χ0v) is 16.5. The first-order valence-electron chi connectivity index (χ1n) is 9.10. The number of hydrogen-bond acceptors (Lipinski definition) is 7. The van der Waals surface area contributed by atoms with Crippen LogP contribution in [-0.2, 0) is 17.8 Å². The van der Waals surface area contributed by atoms with Crippen LogP contribution < -0.4 is 10.9 Å². The molecule has 0 aromatic carbocycles. The number of anilines is 1. The number of aromatic nitrogens is 3. The fraction of sp³-hybridized carbons (Fsp3) is 0.556. The topological polar surface area (TPSA) is 89.3 Å². The average molecular weight is 391 g/mol. The monoisotopic (exact) mass is 391 g/mol. The molecule has 27 heavy (non-hydrogen) atoms. The Morgan fingerprint density at radius 2 is 2.15 bits per heavy atom. The van der Waals surface area contributed by atoms with Gasteiger partial charge >= 0.3 is 0 Å². The Morgan fingerprint density at radius 3 is 2.89 bits per heavy atom. The Morgan fingerprint density at radius 1 is 1.37 bits per heavy atom. The summed E-state index contributed by atoms with van der Waals surface area (Å²) < 4.78 is 6.18. The fourth-order valence-electron chi connectivity index (χ4n) is 2.96. The molecule has 0 aliphatic carbocycles. The van der Waals surface area contributed by atoms with E-state index in [1.165, 1.54) is 41.0 Å². The number of nitrogens with zero attached hydrogens (tertiary/aromatic N) is 4. The van der Waals surface area contributed by atoms with Crippen molar-refractivity contribution in [1.29, 1.82) is 0 Å². The van der Waals surface area contributed by atoms with Gasteiger partial charge in [0, 0.05) is 25.1 Å². The lowest BCUT2D eigenvalue weighted by Gasteiger charge is -2.29. The maximum atomic E-state index is 12.4. The molecular formula is C18H25N5O3S. The van der Waals surface area contributed by atoms with Gasteiger partial charge in [-0.1, -0.05) is 6.92 Å². The number of ether oxygens (including phenoxy) is 1. The largest absolute Gasteiger partial charge is 0.383 e. The van der Waals surface area contributed by atoms with E-state index in [2.05, 4.69) is 27.2 Å². The lowest BCUT2D eigenvalue weighted by Crippen LogP contribution is -2.32. The van der Waals surface area contributed by atoms with Crippen LogP contribution in [0.5, 0.6) is 0 Å². The lowest BCUT2D eigenvalue weighted by molar-refractivity contribution is 0.101. The average Bonchev–Trinajstić information content (AvgIpc) is 3.09. The second-order valence-corrected chi connectivity index (χ2v) is 7.69. The molecule has 1 aliphatic heterocycles. The number of nitrogens with one attached hydrogen (secondary N) is 1. The summed E-state index contributed by atoms with van der Waals surface area (Å²) in [5, 5.41) is 9.37. The fourth-order valence-corrected chi connectivity index (χ4v) is 3.65. The van der Waals surface area contributed by atoms with Crippen molar-refractivity contribution in [2.75, 3.05) is 32.1 Å². The number of piperidine rings is 1. The van der Waals surface area contributed by atoms with E-state index in [1.807, 2.05) is 5.38 Å². The molecule has 0 bridgehead atoms. The van der Waals surface area contributed by atoms with Crippen molar-refractivity contribution in [2.24, 2.45) is 5.92 Å². The van der Waals surface area contributed by atoms with Crippen LogP contribution in [0.1, 0.15) is 35.9 Å². The minimum absolute atomic E-state index is 0.174. The SMILES string of the molecule is COCCn1nc(C(=O)Nc2nc(CN3CCC(C)CC3)cs2)ccc1=O. The molecule has 2 aromatic rings. The third-order valence-electron chi connectivity index (χ3n) is 4.64. The number of methoxy groups -OCH3 is 1. The van der Waals surface area contributed by atoms with Crippen LogP contribution in [0.15, 0.2) is 22.3 Å². The highest BCUT2D eigenvalue weighted by atomic mass is 32.1. The first-order chi connectivity index (χ1) is 13.0. The van der Waals surface area contributed by atoms with Crippen LogP contribution in [-0.4, -0.2) is 52.4 Å². The van der Waals surface area contributed by atoms with Crippen molar-refractivity contribution in [3.8, 4) is 0 Å². The van der Waals surface area contributed by atoms with Crippen LogP contribution in [0.25, 0.3) is 0 Å². The van der Waals surface area contributed by atoms with Crippen molar-refractivity contribution in [3.05, 3.63) is 39.3 Å². The Labute approximate surface area is 162 Å². The van der Waals surface area contributed by atoms with Gasteiger partial charge < -0.3 is 4.74 Å². The zero-order chi connectivity index (χ0) is 19.2. The van der Waals surface area contributed by atoms with E-state index in [4.69, 9.17) is 4.74 Å². The van der Waals surface area contributed by atoms with Gasteiger partial charge in [0.1, 0.15) is 5.69 Å². The molecule has 0 spiro atoms. The molecule has 146 valence electrons. The van der Waals surface area contributed by atoms with Gasteiger partial charge in [0.2, 0.25) is 0 Å². The highest BCUT2D eigenvalue weighted by molar-refractivity contribution is 7.13.